The Morgan fingerprint density at radius 1 is 0.963 bits per heavy atom. The zero-order valence-corrected chi connectivity index (χ0v) is 16.0. The lowest BCUT2D eigenvalue weighted by Gasteiger charge is -2.36. The minimum absolute atomic E-state index is 0.0403. The number of aromatic amines is 1. The van der Waals surface area contributed by atoms with Crippen LogP contribution in [-0.2, 0) is 0 Å². The number of amides is 1. The molecule has 0 atom stereocenters. The van der Waals surface area contributed by atoms with Crippen molar-refractivity contribution in [2.24, 2.45) is 0 Å². The molecule has 138 valence electrons. The van der Waals surface area contributed by atoms with Gasteiger partial charge in [0, 0.05) is 36.8 Å². The molecular formula is C20H18Cl2N4O. The van der Waals surface area contributed by atoms with Crippen molar-refractivity contribution in [1.82, 2.24) is 15.1 Å². The molecule has 2 heterocycles. The molecule has 1 aromatic heterocycles. The van der Waals surface area contributed by atoms with Crippen molar-refractivity contribution in [3.63, 3.8) is 0 Å². The molecule has 1 N–H and O–H groups in total. The Morgan fingerprint density at radius 3 is 2.37 bits per heavy atom. The number of nitrogens with zero attached hydrogens (tertiary/aromatic N) is 3. The lowest BCUT2D eigenvalue weighted by molar-refractivity contribution is 0.0741. The standard InChI is InChI=1S/C20H18Cl2N4O/c21-15-7-5-14(6-8-15)17-13-18(24-23-17)20(27)26-11-9-25(10-12-26)19-4-2-1-3-16(19)22/h1-8,13H,9-12H2,(H,23,24). The van der Waals surface area contributed by atoms with Gasteiger partial charge in [0.05, 0.1) is 16.4 Å². The van der Waals surface area contributed by atoms with Gasteiger partial charge in [-0.15, -0.1) is 0 Å². The molecule has 3 aromatic rings. The Kier molecular flexibility index (Phi) is 5.05. The first-order chi connectivity index (χ1) is 13.1. The maximum Gasteiger partial charge on any atom is 0.272 e. The van der Waals surface area contributed by atoms with Crippen LogP contribution >= 0.6 is 23.2 Å². The number of aromatic nitrogens is 2. The number of H-pyrrole nitrogens is 1. The van der Waals surface area contributed by atoms with Crippen LogP contribution in [0.3, 0.4) is 0 Å². The van der Waals surface area contributed by atoms with E-state index in [-0.39, 0.29) is 5.91 Å². The summed E-state index contributed by atoms with van der Waals surface area (Å²) < 4.78 is 0. The van der Waals surface area contributed by atoms with E-state index in [0.29, 0.717) is 23.8 Å². The maximum atomic E-state index is 12.8. The zero-order chi connectivity index (χ0) is 18.8. The predicted molar refractivity (Wildman–Crippen MR) is 109 cm³/mol. The van der Waals surface area contributed by atoms with E-state index in [4.69, 9.17) is 23.2 Å². The lowest BCUT2D eigenvalue weighted by atomic mass is 10.1. The van der Waals surface area contributed by atoms with Crippen molar-refractivity contribution in [2.75, 3.05) is 31.1 Å². The number of carbonyl (C=O) groups is 1. The van der Waals surface area contributed by atoms with Crippen molar-refractivity contribution >= 4 is 34.8 Å². The topological polar surface area (TPSA) is 52.2 Å². The largest absolute Gasteiger partial charge is 0.367 e. The Labute approximate surface area is 167 Å². The lowest BCUT2D eigenvalue weighted by Crippen LogP contribution is -2.49. The van der Waals surface area contributed by atoms with E-state index in [2.05, 4.69) is 15.1 Å². The van der Waals surface area contributed by atoms with Gasteiger partial charge < -0.3 is 9.80 Å². The third-order valence-corrected chi connectivity index (χ3v) is 5.28. The number of hydrogen-bond acceptors (Lipinski definition) is 3. The molecule has 1 saturated heterocycles. The second-order valence-corrected chi connectivity index (χ2v) is 7.25. The summed E-state index contributed by atoms with van der Waals surface area (Å²) in [5.74, 6) is -0.0403. The summed E-state index contributed by atoms with van der Waals surface area (Å²) in [6.07, 6.45) is 0. The summed E-state index contributed by atoms with van der Waals surface area (Å²) in [6.45, 7) is 2.76. The highest BCUT2D eigenvalue weighted by atomic mass is 35.5. The fraction of sp³-hybridized carbons (Fsp3) is 0.200. The van der Waals surface area contributed by atoms with Gasteiger partial charge in [0.2, 0.25) is 0 Å². The molecule has 27 heavy (non-hydrogen) atoms. The third-order valence-electron chi connectivity index (χ3n) is 4.71. The summed E-state index contributed by atoms with van der Waals surface area (Å²) in [5.41, 5.74) is 3.15. The van der Waals surface area contributed by atoms with Crippen LogP contribution in [0.15, 0.2) is 54.6 Å². The molecule has 0 saturated carbocycles. The van der Waals surface area contributed by atoms with Crippen LogP contribution < -0.4 is 4.90 Å². The Balaban J connectivity index is 1.43. The van der Waals surface area contributed by atoms with Crippen LogP contribution in [0, 0.1) is 0 Å². The van der Waals surface area contributed by atoms with Crippen LogP contribution in [-0.4, -0.2) is 47.2 Å². The summed E-state index contributed by atoms with van der Waals surface area (Å²) in [5, 5.41) is 8.52. The normalized spacial score (nSPS) is 14.4. The van der Waals surface area contributed by atoms with Gasteiger partial charge in [-0.1, -0.05) is 47.5 Å². The summed E-state index contributed by atoms with van der Waals surface area (Å²) in [7, 11) is 0. The molecule has 5 nitrogen and oxygen atoms in total. The van der Waals surface area contributed by atoms with Gasteiger partial charge >= 0.3 is 0 Å². The maximum absolute atomic E-state index is 12.8. The smallest absolute Gasteiger partial charge is 0.272 e. The fourth-order valence-corrected chi connectivity index (χ4v) is 3.61. The first kappa shape index (κ1) is 17.9. The highest BCUT2D eigenvalue weighted by molar-refractivity contribution is 6.33. The van der Waals surface area contributed by atoms with Gasteiger partial charge in [-0.2, -0.15) is 5.10 Å². The zero-order valence-electron chi connectivity index (χ0n) is 14.5. The first-order valence-corrected chi connectivity index (χ1v) is 9.47. The van der Waals surface area contributed by atoms with Crippen molar-refractivity contribution in [3.05, 3.63) is 70.3 Å². The van der Waals surface area contributed by atoms with Gasteiger partial charge in [-0.25, -0.2) is 0 Å². The van der Waals surface area contributed by atoms with Gasteiger partial charge in [0.15, 0.2) is 0 Å². The molecular weight excluding hydrogens is 383 g/mol. The van der Waals surface area contributed by atoms with Crippen molar-refractivity contribution < 1.29 is 4.79 Å². The third kappa shape index (κ3) is 3.80. The van der Waals surface area contributed by atoms with E-state index in [1.54, 1.807) is 18.2 Å². The number of para-hydroxylation sites is 1. The van der Waals surface area contributed by atoms with Crippen molar-refractivity contribution in [1.29, 1.82) is 0 Å². The van der Waals surface area contributed by atoms with Crippen LogP contribution in [0.2, 0.25) is 10.0 Å². The molecule has 0 radical (unpaired) electrons. The monoisotopic (exact) mass is 400 g/mol. The molecule has 4 rings (SSSR count). The molecule has 1 aliphatic heterocycles. The molecule has 0 bridgehead atoms. The van der Waals surface area contributed by atoms with Crippen LogP contribution in [0.4, 0.5) is 5.69 Å². The average Bonchev–Trinajstić information content (AvgIpc) is 3.19. The number of anilines is 1. The molecule has 7 heteroatoms. The molecule has 1 aliphatic rings. The number of carbonyl (C=O) groups excluding carboxylic acids is 1. The fourth-order valence-electron chi connectivity index (χ4n) is 3.23. The number of benzene rings is 2. The second-order valence-electron chi connectivity index (χ2n) is 6.40. The van der Waals surface area contributed by atoms with E-state index in [1.165, 1.54) is 0 Å². The van der Waals surface area contributed by atoms with Gasteiger partial charge in [0.25, 0.3) is 5.91 Å². The second kappa shape index (κ2) is 7.62. The van der Waals surface area contributed by atoms with Gasteiger partial charge in [0.1, 0.15) is 5.69 Å². The number of hydrogen-bond donors (Lipinski definition) is 1. The molecule has 2 aromatic carbocycles. The van der Waals surface area contributed by atoms with E-state index >= 15 is 0 Å². The van der Waals surface area contributed by atoms with E-state index in [9.17, 15) is 4.79 Å². The Hall–Kier alpha value is -2.50. The highest BCUT2D eigenvalue weighted by Gasteiger charge is 2.24. The summed E-state index contributed by atoms with van der Waals surface area (Å²) >= 11 is 12.2. The molecule has 0 aliphatic carbocycles. The van der Waals surface area contributed by atoms with Crippen molar-refractivity contribution in [3.8, 4) is 11.3 Å². The van der Waals surface area contributed by atoms with Gasteiger partial charge in [-0.05, 0) is 30.3 Å². The Morgan fingerprint density at radius 2 is 1.67 bits per heavy atom. The van der Waals surface area contributed by atoms with E-state index in [0.717, 1.165) is 35.1 Å². The van der Waals surface area contributed by atoms with E-state index in [1.807, 2.05) is 41.3 Å². The minimum atomic E-state index is -0.0403. The summed E-state index contributed by atoms with van der Waals surface area (Å²) in [6, 6.07) is 17.0. The molecule has 0 spiro atoms. The van der Waals surface area contributed by atoms with E-state index < -0.39 is 0 Å². The highest BCUT2D eigenvalue weighted by Crippen LogP contribution is 2.26. The quantitative estimate of drug-likeness (QED) is 0.710. The number of halogens is 2. The SMILES string of the molecule is O=C(c1cc(-c2ccc(Cl)cc2)n[nH]1)N1CCN(c2ccccc2Cl)CC1. The summed E-state index contributed by atoms with van der Waals surface area (Å²) in [4.78, 5) is 16.8. The molecule has 0 unspecified atom stereocenters. The number of piperazine rings is 1. The molecule has 1 amide bonds. The molecule has 1 fully saturated rings. The average molecular weight is 401 g/mol. The minimum Gasteiger partial charge on any atom is -0.367 e. The predicted octanol–water partition coefficient (Wildman–Crippen LogP) is 4.35. The number of nitrogens with one attached hydrogen (secondary N) is 1. The van der Waals surface area contributed by atoms with Crippen LogP contribution in [0.5, 0.6) is 0 Å². The van der Waals surface area contributed by atoms with Crippen LogP contribution in [0.1, 0.15) is 10.5 Å². The van der Waals surface area contributed by atoms with Gasteiger partial charge in [-0.3, -0.25) is 9.89 Å². The van der Waals surface area contributed by atoms with Crippen molar-refractivity contribution in [2.45, 2.75) is 0 Å². The Bertz CT molecular complexity index is 947. The van der Waals surface area contributed by atoms with Crippen LogP contribution in [0.25, 0.3) is 11.3 Å². The first-order valence-electron chi connectivity index (χ1n) is 8.72. The number of rotatable bonds is 3.